The summed E-state index contributed by atoms with van der Waals surface area (Å²) in [6, 6.07) is 6.21. The maximum absolute atomic E-state index is 6.05. The highest BCUT2D eigenvalue weighted by atomic mass is 35.5. The monoisotopic (exact) mass is 310 g/mol. The van der Waals surface area contributed by atoms with Crippen LogP contribution in [0, 0.1) is 5.92 Å². The van der Waals surface area contributed by atoms with Crippen molar-refractivity contribution in [2.75, 3.05) is 13.1 Å². The third-order valence-corrected chi connectivity index (χ3v) is 4.48. The number of aromatic nitrogens is 2. The van der Waals surface area contributed by atoms with E-state index in [4.69, 9.17) is 5.73 Å². The van der Waals surface area contributed by atoms with E-state index in [1.165, 1.54) is 0 Å². The number of thiazole rings is 1. The van der Waals surface area contributed by atoms with E-state index in [0.29, 0.717) is 12.0 Å². The van der Waals surface area contributed by atoms with Gasteiger partial charge in [-0.3, -0.25) is 9.88 Å². The number of rotatable bonds is 3. The topological polar surface area (TPSA) is 55.0 Å². The molecule has 2 aromatic rings. The van der Waals surface area contributed by atoms with Crippen LogP contribution in [0.3, 0.4) is 0 Å². The molecule has 2 N–H and O–H groups in total. The van der Waals surface area contributed by atoms with Gasteiger partial charge in [0, 0.05) is 37.3 Å². The van der Waals surface area contributed by atoms with Gasteiger partial charge in [0.05, 0.1) is 11.4 Å². The second-order valence-corrected chi connectivity index (χ2v) is 6.05. The second-order valence-electron chi connectivity index (χ2n) is 5.19. The molecule has 0 saturated carbocycles. The Balaban J connectivity index is 0.00000147. The van der Waals surface area contributed by atoms with Gasteiger partial charge in [0.25, 0.3) is 0 Å². The summed E-state index contributed by atoms with van der Waals surface area (Å²) in [5.41, 5.74) is 8.12. The normalized spacial score (nSPS) is 22.7. The molecule has 2 unspecified atom stereocenters. The Morgan fingerprint density at radius 1 is 1.40 bits per heavy atom. The van der Waals surface area contributed by atoms with Crippen LogP contribution in [-0.4, -0.2) is 34.0 Å². The van der Waals surface area contributed by atoms with Crippen molar-refractivity contribution in [2.24, 2.45) is 11.7 Å². The van der Waals surface area contributed by atoms with Crippen molar-refractivity contribution in [1.82, 2.24) is 14.9 Å². The van der Waals surface area contributed by atoms with Crippen LogP contribution in [0.5, 0.6) is 0 Å². The van der Waals surface area contributed by atoms with E-state index in [9.17, 15) is 0 Å². The molecule has 0 amide bonds. The van der Waals surface area contributed by atoms with Gasteiger partial charge in [0.2, 0.25) is 0 Å². The van der Waals surface area contributed by atoms with Crippen LogP contribution in [0.4, 0.5) is 0 Å². The first-order valence-electron chi connectivity index (χ1n) is 6.56. The molecule has 1 saturated heterocycles. The van der Waals surface area contributed by atoms with Gasteiger partial charge in [-0.15, -0.1) is 23.7 Å². The highest BCUT2D eigenvalue weighted by Crippen LogP contribution is 2.23. The second kappa shape index (κ2) is 6.63. The molecule has 2 aromatic heterocycles. The van der Waals surface area contributed by atoms with Crippen molar-refractivity contribution < 1.29 is 0 Å². The molecule has 20 heavy (non-hydrogen) atoms. The summed E-state index contributed by atoms with van der Waals surface area (Å²) in [7, 11) is 0. The Hall–Kier alpha value is -1.01. The summed E-state index contributed by atoms with van der Waals surface area (Å²) in [5, 5.41) is 3.12. The lowest BCUT2D eigenvalue weighted by molar-refractivity contribution is 0.315. The van der Waals surface area contributed by atoms with Gasteiger partial charge < -0.3 is 5.73 Å². The number of nitrogens with zero attached hydrogens (tertiary/aromatic N) is 3. The molecule has 1 aliphatic heterocycles. The minimum absolute atomic E-state index is 0. The molecule has 6 heteroatoms. The van der Waals surface area contributed by atoms with Crippen molar-refractivity contribution in [3.05, 3.63) is 35.5 Å². The van der Waals surface area contributed by atoms with Crippen LogP contribution in [0.1, 0.15) is 12.6 Å². The Bertz CT molecular complexity index is 535. The average molecular weight is 311 g/mol. The lowest BCUT2D eigenvalue weighted by Crippen LogP contribution is -2.28. The number of halogens is 1. The first-order chi connectivity index (χ1) is 9.22. The van der Waals surface area contributed by atoms with Crippen LogP contribution in [-0.2, 0) is 6.54 Å². The standard InChI is InChI=1S/C14H18N4S.ClH/c1-10-6-18(8-12(10)15)7-11-9-19-14(17-11)13-4-2-3-5-16-13;/h2-5,9-10,12H,6-8,15H2,1H3;1H. The van der Waals surface area contributed by atoms with E-state index in [0.717, 1.165) is 36.0 Å². The van der Waals surface area contributed by atoms with Crippen LogP contribution in [0.15, 0.2) is 29.8 Å². The molecule has 0 aromatic carbocycles. The third kappa shape index (κ3) is 3.35. The molecule has 1 fully saturated rings. The van der Waals surface area contributed by atoms with E-state index < -0.39 is 0 Å². The smallest absolute Gasteiger partial charge is 0.142 e. The highest BCUT2D eigenvalue weighted by molar-refractivity contribution is 7.13. The Morgan fingerprint density at radius 3 is 2.90 bits per heavy atom. The summed E-state index contributed by atoms with van der Waals surface area (Å²) < 4.78 is 0. The lowest BCUT2D eigenvalue weighted by atomic mass is 10.1. The van der Waals surface area contributed by atoms with E-state index in [2.05, 4.69) is 27.2 Å². The summed E-state index contributed by atoms with van der Waals surface area (Å²) in [6.07, 6.45) is 1.80. The fraction of sp³-hybridized carbons (Fsp3) is 0.429. The van der Waals surface area contributed by atoms with Gasteiger partial charge in [0.1, 0.15) is 5.01 Å². The zero-order chi connectivity index (χ0) is 13.2. The van der Waals surface area contributed by atoms with Crippen LogP contribution >= 0.6 is 23.7 Å². The van der Waals surface area contributed by atoms with E-state index in [1.807, 2.05) is 18.2 Å². The van der Waals surface area contributed by atoms with Crippen molar-refractivity contribution in [2.45, 2.75) is 19.5 Å². The molecule has 3 rings (SSSR count). The Kier molecular flexibility index (Phi) is 5.10. The minimum Gasteiger partial charge on any atom is -0.326 e. The number of hydrogen-bond acceptors (Lipinski definition) is 5. The SMILES string of the molecule is CC1CN(Cc2csc(-c3ccccn3)n2)CC1N.Cl. The zero-order valence-electron chi connectivity index (χ0n) is 11.4. The van der Waals surface area contributed by atoms with Crippen molar-refractivity contribution in [3.8, 4) is 10.7 Å². The predicted molar refractivity (Wildman–Crippen MR) is 85.0 cm³/mol. The van der Waals surface area contributed by atoms with Crippen molar-refractivity contribution in [3.63, 3.8) is 0 Å². The highest BCUT2D eigenvalue weighted by Gasteiger charge is 2.26. The molecule has 2 atom stereocenters. The van der Waals surface area contributed by atoms with Gasteiger partial charge in [-0.2, -0.15) is 0 Å². The van der Waals surface area contributed by atoms with Crippen LogP contribution in [0.25, 0.3) is 10.7 Å². The lowest BCUT2D eigenvalue weighted by Gasteiger charge is -2.12. The van der Waals surface area contributed by atoms with Gasteiger partial charge in [-0.25, -0.2) is 4.98 Å². The number of hydrogen-bond donors (Lipinski definition) is 1. The van der Waals surface area contributed by atoms with E-state index >= 15 is 0 Å². The molecular weight excluding hydrogens is 292 g/mol. The third-order valence-electron chi connectivity index (χ3n) is 3.57. The number of nitrogens with two attached hydrogens (primary N) is 1. The van der Waals surface area contributed by atoms with Gasteiger partial charge in [-0.05, 0) is 18.1 Å². The first kappa shape index (κ1) is 15.4. The fourth-order valence-electron chi connectivity index (χ4n) is 2.44. The predicted octanol–water partition coefficient (Wildman–Crippen LogP) is 2.41. The number of pyridine rings is 1. The van der Waals surface area contributed by atoms with E-state index in [1.54, 1.807) is 17.5 Å². The van der Waals surface area contributed by atoms with Crippen LogP contribution < -0.4 is 5.73 Å². The van der Waals surface area contributed by atoms with Crippen molar-refractivity contribution >= 4 is 23.7 Å². The van der Waals surface area contributed by atoms with Gasteiger partial charge in [0.15, 0.2) is 0 Å². The molecule has 0 spiro atoms. The summed E-state index contributed by atoms with van der Waals surface area (Å²) in [5.74, 6) is 0.578. The Morgan fingerprint density at radius 2 is 2.25 bits per heavy atom. The molecular formula is C14H19ClN4S. The van der Waals surface area contributed by atoms with Crippen molar-refractivity contribution in [1.29, 1.82) is 0 Å². The summed E-state index contributed by atoms with van der Waals surface area (Å²) >= 11 is 1.66. The van der Waals surface area contributed by atoms with Gasteiger partial charge in [-0.1, -0.05) is 13.0 Å². The summed E-state index contributed by atoms with van der Waals surface area (Å²) in [6.45, 7) is 5.14. The maximum atomic E-state index is 6.05. The first-order valence-corrected chi connectivity index (χ1v) is 7.44. The molecule has 4 nitrogen and oxygen atoms in total. The zero-order valence-corrected chi connectivity index (χ0v) is 13.0. The molecule has 108 valence electrons. The fourth-order valence-corrected chi connectivity index (χ4v) is 3.23. The molecule has 3 heterocycles. The molecule has 0 radical (unpaired) electrons. The molecule has 0 bridgehead atoms. The minimum atomic E-state index is 0. The Labute approximate surface area is 129 Å². The quantitative estimate of drug-likeness (QED) is 0.946. The van der Waals surface area contributed by atoms with Crippen LogP contribution in [0.2, 0.25) is 0 Å². The largest absolute Gasteiger partial charge is 0.326 e. The van der Waals surface area contributed by atoms with E-state index in [-0.39, 0.29) is 12.4 Å². The molecule has 0 aliphatic carbocycles. The molecule has 1 aliphatic rings. The summed E-state index contributed by atoms with van der Waals surface area (Å²) in [4.78, 5) is 11.4. The average Bonchev–Trinajstić information content (AvgIpc) is 2.99. The van der Waals surface area contributed by atoms with Gasteiger partial charge >= 0.3 is 0 Å². The maximum Gasteiger partial charge on any atom is 0.142 e. The number of likely N-dealkylation sites (tertiary alicyclic amines) is 1.